The molecule has 40 heavy (non-hydrogen) atoms. The van der Waals surface area contributed by atoms with E-state index in [9.17, 15) is 29.7 Å². The fraction of sp³-hybridized carbons (Fsp3) is 0.833. The summed E-state index contributed by atoms with van der Waals surface area (Å²) in [5.74, 6) is -5.93. The van der Waals surface area contributed by atoms with Crippen LogP contribution in [0.1, 0.15) is 0 Å². The molecule has 0 fully saturated rings. The summed E-state index contributed by atoms with van der Waals surface area (Å²) in [6.45, 7) is -2.59. The molecule has 12 unspecified atom stereocenters. The maximum absolute atomic E-state index is 9.98. The summed E-state index contributed by atoms with van der Waals surface area (Å²) in [4.78, 5) is 29.9. The van der Waals surface area contributed by atoms with Gasteiger partial charge >= 0.3 is 26.2 Å². The van der Waals surface area contributed by atoms with Crippen molar-refractivity contribution in [2.45, 2.75) is 73.2 Å². The van der Waals surface area contributed by atoms with Gasteiger partial charge in [-0.3, -0.25) is 0 Å². The Bertz CT molecular complexity index is 608. The number of carboxylic acid groups (broad SMARTS) is 3. The maximum atomic E-state index is 9.98. The van der Waals surface area contributed by atoms with E-state index >= 15 is 0 Å². The second-order valence-corrected chi connectivity index (χ2v) is 7.48. The van der Waals surface area contributed by atoms with E-state index < -0.39 is 111 Å². The monoisotopic (exact) mass is 794 g/mol. The maximum Gasteiger partial charge on any atom is 3.00 e. The smallest absolute Gasteiger partial charge is 0.547 e. The fourth-order valence-electron chi connectivity index (χ4n) is 1.99. The fourth-order valence-corrected chi connectivity index (χ4v) is 1.99. The molecule has 0 rings (SSSR count). The van der Waals surface area contributed by atoms with Crippen molar-refractivity contribution >= 4 is 44.1 Å². The zero-order valence-corrected chi connectivity index (χ0v) is 23.6. The molecular weight excluding hydrogens is 761 g/mol. The van der Waals surface area contributed by atoms with Crippen LogP contribution >= 0.6 is 0 Å². The Hall–Kier alpha value is -1.31. The molecular formula is C18H33BiO21. The molecule has 2 radical (unpaired) electrons. The SMILES string of the molecule is O=C([O-])C(O)C(O)C(O)C(O)CO.O=C([O-])C(O)C(O)C(O)C(O)CO.O=C([O-])C(O)C(O)C(O)C(O)CO.[Bi+3]. The molecule has 12 atom stereocenters. The number of rotatable bonds is 15. The quantitative estimate of drug-likeness (QED) is 0.0684. The number of carboxylic acids is 3. The van der Waals surface area contributed by atoms with Crippen molar-refractivity contribution in [3.05, 3.63) is 0 Å². The van der Waals surface area contributed by atoms with E-state index in [0.717, 1.165) is 0 Å². The largest absolute Gasteiger partial charge is 3.00 e. The molecule has 236 valence electrons. The van der Waals surface area contributed by atoms with E-state index in [0.29, 0.717) is 0 Å². The third kappa shape index (κ3) is 16.8. The topological polar surface area (TPSA) is 424 Å². The molecule has 0 aliphatic carbocycles. The van der Waals surface area contributed by atoms with Gasteiger partial charge in [-0.05, 0) is 0 Å². The van der Waals surface area contributed by atoms with Gasteiger partial charge in [0.15, 0.2) is 0 Å². The minimum absolute atomic E-state index is 0. The van der Waals surface area contributed by atoms with Crippen molar-refractivity contribution in [2.75, 3.05) is 19.8 Å². The van der Waals surface area contributed by atoms with Crippen LogP contribution in [0.2, 0.25) is 0 Å². The third-order valence-corrected chi connectivity index (χ3v) is 4.49. The van der Waals surface area contributed by atoms with E-state index in [1.54, 1.807) is 0 Å². The van der Waals surface area contributed by atoms with Gasteiger partial charge in [-0.1, -0.05) is 0 Å². The minimum atomic E-state index is -2.31. The second kappa shape index (κ2) is 23.3. The van der Waals surface area contributed by atoms with Crippen molar-refractivity contribution in [2.24, 2.45) is 0 Å². The number of carbonyl (C=O) groups is 3. The Balaban J connectivity index is -0.000000240. The van der Waals surface area contributed by atoms with Crippen LogP contribution in [0.25, 0.3) is 0 Å². The summed E-state index contributed by atoms with van der Waals surface area (Å²) in [6.07, 6.45) is -24.2. The molecule has 15 N–H and O–H groups in total. The van der Waals surface area contributed by atoms with Gasteiger partial charge in [-0.2, -0.15) is 0 Å². The van der Waals surface area contributed by atoms with Gasteiger partial charge in [0, 0.05) is 0 Å². The van der Waals surface area contributed by atoms with Gasteiger partial charge in [0.1, 0.15) is 73.2 Å². The summed E-state index contributed by atoms with van der Waals surface area (Å²) >= 11 is 0. The Morgan fingerprint density at radius 1 is 0.400 bits per heavy atom. The minimum Gasteiger partial charge on any atom is -0.547 e. The molecule has 0 aromatic rings. The van der Waals surface area contributed by atoms with Crippen LogP contribution < -0.4 is 15.3 Å². The average molecular weight is 794 g/mol. The van der Waals surface area contributed by atoms with Crippen LogP contribution in [-0.4, -0.2) is 214 Å². The van der Waals surface area contributed by atoms with Crippen molar-refractivity contribution < 1.29 is 106 Å². The van der Waals surface area contributed by atoms with Crippen LogP contribution in [0.5, 0.6) is 0 Å². The molecule has 21 nitrogen and oxygen atoms in total. The molecule has 0 aromatic heterocycles. The first-order valence-corrected chi connectivity index (χ1v) is 10.4. The van der Waals surface area contributed by atoms with Crippen LogP contribution in [0.15, 0.2) is 0 Å². The number of hydrogen-bond acceptors (Lipinski definition) is 21. The molecule has 0 saturated heterocycles. The Morgan fingerprint density at radius 3 is 0.650 bits per heavy atom. The summed E-state index contributed by atoms with van der Waals surface area (Å²) in [5.41, 5.74) is 0. The normalized spacial score (nSPS) is 19.9. The Labute approximate surface area is 243 Å². The van der Waals surface area contributed by atoms with Crippen LogP contribution in [-0.2, 0) is 14.4 Å². The van der Waals surface area contributed by atoms with E-state index in [4.69, 9.17) is 76.6 Å². The first-order valence-electron chi connectivity index (χ1n) is 10.4. The first kappa shape index (κ1) is 45.7. The molecule has 0 heterocycles. The van der Waals surface area contributed by atoms with Gasteiger partial charge < -0.3 is 106 Å². The Morgan fingerprint density at radius 2 is 0.550 bits per heavy atom. The summed E-state index contributed by atoms with van der Waals surface area (Å²) in [5, 5.41) is 160. The predicted octanol–water partition coefficient (Wildman–Crippen LogP) is -14.9. The molecule has 22 heteroatoms. The van der Waals surface area contributed by atoms with E-state index in [1.165, 1.54) is 0 Å². The molecule has 0 aliphatic heterocycles. The number of carbonyl (C=O) groups excluding carboxylic acids is 3. The zero-order valence-electron chi connectivity index (χ0n) is 20.2. The van der Waals surface area contributed by atoms with Gasteiger partial charge in [0.05, 0.1) is 37.7 Å². The van der Waals surface area contributed by atoms with E-state index in [2.05, 4.69) is 0 Å². The molecule has 0 spiro atoms. The number of hydrogen-bond donors (Lipinski definition) is 15. The van der Waals surface area contributed by atoms with E-state index in [-0.39, 0.29) is 26.2 Å². The summed E-state index contributed by atoms with van der Waals surface area (Å²) < 4.78 is 0. The van der Waals surface area contributed by atoms with Crippen LogP contribution in [0.4, 0.5) is 0 Å². The standard InChI is InChI=1S/3C6H12O7.Bi/c3*7-1-2(8)3(9)4(10)5(11)6(12)13;/h3*2-5,7-11H,1H2,(H,12,13);/q;;;+3/p-3. The van der Waals surface area contributed by atoms with Crippen molar-refractivity contribution in [3.8, 4) is 0 Å². The van der Waals surface area contributed by atoms with E-state index in [1.807, 2.05) is 0 Å². The molecule has 0 saturated carbocycles. The van der Waals surface area contributed by atoms with Crippen LogP contribution in [0, 0.1) is 0 Å². The summed E-state index contributed by atoms with van der Waals surface area (Å²) in [6, 6.07) is 0. The molecule has 0 aromatic carbocycles. The van der Waals surface area contributed by atoms with Gasteiger partial charge in [0.2, 0.25) is 0 Å². The number of aliphatic carboxylic acids is 3. The first-order chi connectivity index (χ1) is 17.7. The second-order valence-electron chi connectivity index (χ2n) is 7.48. The summed E-state index contributed by atoms with van der Waals surface area (Å²) in [7, 11) is 0. The van der Waals surface area contributed by atoms with Crippen molar-refractivity contribution in [3.63, 3.8) is 0 Å². The van der Waals surface area contributed by atoms with Crippen LogP contribution in [0.3, 0.4) is 0 Å². The van der Waals surface area contributed by atoms with Crippen molar-refractivity contribution in [1.82, 2.24) is 0 Å². The predicted molar refractivity (Wildman–Crippen MR) is 114 cm³/mol. The molecule has 0 amide bonds. The van der Waals surface area contributed by atoms with Crippen molar-refractivity contribution in [1.29, 1.82) is 0 Å². The molecule has 0 aliphatic rings. The Kier molecular flexibility index (Phi) is 26.6. The molecule has 0 bridgehead atoms. The van der Waals surface area contributed by atoms with Gasteiger partial charge in [-0.25, -0.2) is 0 Å². The number of aliphatic hydroxyl groups is 15. The average Bonchev–Trinajstić information content (AvgIpc) is 2.92. The van der Waals surface area contributed by atoms with Gasteiger partial charge in [0.25, 0.3) is 0 Å². The third-order valence-electron chi connectivity index (χ3n) is 4.49. The zero-order chi connectivity index (χ0) is 31.8. The number of aliphatic hydroxyl groups excluding tert-OH is 15. The van der Waals surface area contributed by atoms with Gasteiger partial charge in [-0.15, -0.1) is 0 Å².